The van der Waals surface area contributed by atoms with Crippen molar-refractivity contribution >= 4 is 17.9 Å². The highest BCUT2D eigenvalue weighted by molar-refractivity contribution is 5.91. The van der Waals surface area contributed by atoms with Crippen LogP contribution >= 0.6 is 0 Å². The lowest BCUT2D eigenvalue weighted by Gasteiger charge is -2.30. The van der Waals surface area contributed by atoms with E-state index >= 15 is 0 Å². The van der Waals surface area contributed by atoms with Crippen molar-refractivity contribution in [1.82, 2.24) is 16.0 Å². The van der Waals surface area contributed by atoms with E-state index in [1.165, 1.54) is 0 Å². The summed E-state index contributed by atoms with van der Waals surface area (Å²) < 4.78 is 5.25. The predicted octanol–water partition coefficient (Wildman–Crippen LogP) is 3.12. The van der Waals surface area contributed by atoms with Crippen molar-refractivity contribution in [2.24, 2.45) is 17.8 Å². The van der Waals surface area contributed by atoms with E-state index in [1.54, 1.807) is 20.8 Å². The minimum absolute atomic E-state index is 0.156. The van der Waals surface area contributed by atoms with E-state index in [2.05, 4.69) is 22.0 Å². The first-order chi connectivity index (χ1) is 13.7. The molecule has 0 spiro atoms. The molecule has 172 valence electrons. The van der Waals surface area contributed by atoms with Gasteiger partial charge in [-0.15, -0.1) is 0 Å². The van der Waals surface area contributed by atoms with Crippen molar-refractivity contribution < 1.29 is 19.1 Å². The average Bonchev–Trinajstić information content (AvgIpc) is 2.58. The van der Waals surface area contributed by atoms with Gasteiger partial charge in [-0.3, -0.25) is 9.59 Å². The molecular weight excluding hydrogens is 384 g/mol. The van der Waals surface area contributed by atoms with Crippen LogP contribution in [0, 0.1) is 29.1 Å². The Labute approximate surface area is 181 Å². The Hall–Kier alpha value is -2.30. The fourth-order valence-corrected chi connectivity index (χ4v) is 2.81. The summed E-state index contributed by atoms with van der Waals surface area (Å²) in [4.78, 5) is 37.9. The predicted molar refractivity (Wildman–Crippen MR) is 116 cm³/mol. The molecule has 0 aliphatic heterocycles. The minimum atomic E-state index is -0.839. The summed E-state index contributed by atoms with van der Waals surface area (Å²) in [7, 11) is 0. The number of amides is 3. The molecule has 0 aromatic heterocycles. The summed E-state index contributed by atoms with van der Waals surface area (Å²) >= 11 is 0. The molecule has 0 aromatic carbocycles. The second kappa shape index (κ2) is 12.4. The lowest BCUT2D eigenvalue weighted by atomic mass is 9.96. The Bertz CT molecular complexity index is 618. The molecule has 0 saturated heterocycles. The molecule has 8 heteroatoms. The van der Waals surface area contributed by atoms with Crippen LogP contribution in [0.25, 0.3) is 0 Å². The molecule has 3 N–H and O–H groups in total. The zero-order valence-corrected chi connectivity index (χ0v) is 20.0. The molecule has 3 atom stereocenters. The van der Waals surface area contributed by atoms with Gasteiger partial charge in [-0.05, 0) is 44.9 Å². The first-order valence-corrected chi connectivity index (χ1v) is 10.7. The van der Waals surface area contributed by atoms with Crippen molar-refractivity contribution in [3.8, 4) is 6.07 Å². The lowest BCUT2D eigenvalue weighted by molar-refractivity contribution is -0.132. The number of ether oxygens (including phenoxy) is 1. The van der Waals surface area contributed by atoms with Crippen LogP contribution in [-0.2, 0) is 14.3 Å². The van der Waals surface area contributed by atoms with Gasteiger partial charge in [0.2, 0.25) is 11.8 Å². The fraction of sp³-hybridized carbons (Fsp3) is 0.818. The molecule has 0 heterocycles. The Balaban J connectivity index is 5.28. The van der Waals surface area contributed by atoms with Crippen LogP contribution in [0.2, 0.25) is 0 Å². The lowest BCUT2D eigenvalue weighted by Crippen LogP contribution is -2.58. The van der Waals surface area contributed by atoms with Gasteiger partial charge in [-0.25, -0.2) is 4.79 Å². The van der Waals surface area contributed by atoms with Gasteiger partial charge >= 0.3 is 6.09 Å². The molecule has 0 fully saturated rings. The number of rotatable bonds is 10. The molecular formula is C22H40N4O4. The maximum atomic E-state index is 12.9. The Morgan fingerprint density at radius 3 is 1.70 bits per heavy atom. The third kappa shape index (κ3) is 10.5. The molecule has 8 nitrogen and oxygen atoms in total. The number of alkyl carbamates (subject to hydrolysis) is 1. The largest absolute Gasteiger partial charge is 0.444 e. The van der Waals surface area contributed by atoms with E-state index < -0.39 is 29.7 Å². The number of carbonyl (C=O) groups excluding carboxylic acids is 3. The van der Waals surface area contributed by atoms with E-state index in [0.29, 0.717) is 12.8 Å². The molecule has 0 aliphatic rings. The van der Waals surface area contributed by atoms with Gasteiger partial charge in [-0.2, -0.15) is 5.26 Å². The van der Waals surface area contributed by atoms with Crippen LogP contribution in [0.15, 0.2) is 0 Å². The zero-order valence-electron chi connectivity index (χ0n) is 20.0. The highest BCUT2D eigenvalue weighted by Gasteiger charge is 2.32. The normalized spacial score (nSPS) is 14.6. The second-order valence-electron chi connectivity index (χ2n) is 9.65. The Morgan fingerprint density at radius 2 is 1.30 bits per heavy atom. The first-order valence-electron chi connectivity index (χ1n) is 10.7. The summed E-state index contributed by atoms with van der Waals surface area (Å²) in [6, 6.07) is 0.342. The van der Waals surface area contributed by atoms with Crippen LogP contribution in [0.5, 0.6) is 0 Å². The summed E-state index contributed by atoms with van der Waals surface area (Å²) in [5, 5.41) is 17.2. The summed E-state index contributed by atoms with van der Waals surface area (Å²) in [6.07, 6.45) is 0.211. The number of hydrogen-bond donors (Lipinski definition) is 3. The number of nitrogens with one attached hydrogen (secondary N) is 3. The SMILES string of the molecule is CC(C)C(CCC#N)NC(=O)[C@@H](NC(=O)[C@@H](NC(=O)OC(C)(C)C)C(C)C)C(C)C. The first kappa shape index (κ1) is 27.7. The van der Waals surface area contributed by atoms with Crippen molar-refractivity contribution in [1.29, 1.82) is 5.26 Å². The summed E-state index contributed by atoms with van der Waals surface area (Å²) in [5.74, 6) is -0.944. The topological polar surface area (TPSA) is 120 Å². The van der Waals surface area contributed by atoms with Crippen LogP contribution in [0.4, 0.5) is 4.79 Å². The minimum Gasteiger partial charge on any atom is -0.444 e. The van der Waals surface area contributed by atoms with E-state index in [1.807, 2.05) is 41.5 Å². The molecule has 0 aromatic rings. The van der Waals surface area contributed by atoms with E-state index in [0.717, 1.165) is 0 Å². The number of nitriles is 1. The van der Waals surface area contributed by atoms with E-state index in [4.69, 9.17) is 10.00 Å². The van der Waals surface area contributed by atoms with E-state index in [9.17, 15) is 14.4 Å². The Morgan fingerprint density at radius 1 is 0.833 bits per heavy atom. The fourth-order valence-electron chi connectivity index (χ4n) is 2.81. The molecule has 30 heavy (non-hydrogen) atoms. The second-order valence-corrected chi connectivity index (χ2v) is 9.65. The van der Waals surface area contributed by atoms with Crippen LogP contribution < -0.4 is 16.0 Å². The maximum Gasteiger partial charge on any atom is 0.408 e. The summed E-state index contributed by atoms with van der Waals surface area (Å²) in [5.41, 5.74) is -0.683. The number of carbonyl (C=O) groups is 3. The van der Waals surface area contributed by atoms with Gasteiger partial charge in [-0.1, -0.05) is 41.5 Å². The van der Waals surface area contributed by atoms with E-state index in [-0.39, 0.29) is 29.7 Å². The van der Waals surface area contributed by atoms with Crippen molar-refractivity contribution in [2.45, 2.75) is 98.9 Å². The van der Waals surface area contributed by atoms with Gasteiger partial charge in [0.1, 0.15) is 17.7 Å². The van der Waals surface area contributed by atoms with Gasteiger partial charge in [0.25, 0.3) is 0 Å². The van der Waals surface area contributed by atoms with Crippen molar-refractivity contribution in [2.75, 3.05) is 0 Å². The van der Waals surface area contributed by atoms with Crippen LogP contribution in [0.1, 0.15) is 75.2 Å². The highest BCUT2D eigenvalue weighted by atomic mass is 16.6. The van der Waals surface area contributed by atoms with Crippen LogP contribution in [0.3, 0.4) is 0 Å². The number of nitrogens with zero attached hydrogens (tertiary/aromatic N) is 1. The van der Waals surface area contributed by atoms with Gasteiger partial charge < -0.3 is 20.7 Å². The Kier molecular flexibility index (Phi) is 11.5. The molecule has 0 aliphatic carbocycles. The third-order valence-corrected chi connectivity index (χ3v) is 4.57. The standard InChI is InChI=1S/C22H40N4O4/c1-13(2)16(11-10-12-23)24-19(27)17(14(3)4)25-20(28)18(15(5)6)26-21(29)30-22(7,8)9/h13-18H,10-11H2,1-9H3,(H,24,27)(H,25,28)(H,26,29)/t16?,17-,18-/m0/s1. The zero-order chi connectivity index (χ0) is 23.6. The average molecular weight is 425 g/mol. The molecule has 0 rings (SSSR count). The highest BCUT2D eigenvalue weighted by Crippen LogP contribution is 2.12. The maximum absolute atomic E-state index is 12.9. The molecule has 0 saturated carbocycles. The van der Waals surface area contributed by atoms with Crippen molar-refractivity contribution in [3.05, 3.63) is 0 Å². The molecule has 0 bridgehead atoms. The third-order valence-electron chi connectivity index (χ3n) is 4.57. The summed E-state index contributed by atoms with van der Waals surface area (Å²) in [6.45, 7) is 16.5. The van der Waals surface area contributed by atoms with Crippen LogP contribution in [-0.4, -0.2) is 41.6 Å². The number of hydrogen-bond acceptors (Lipinski definition) is 5. The van der Waals surface area contributed by atoms with Gasteiger partial charge in [0.05, 0.1) is 6.07 Å². The van der Waals surface area contributed by atoms with Gasteiger partial charge in [0, 0.05) is 12.5 Å². The smallest absolute Gasteiger partial charge is 0.408 e. The van der Waals surface area contributed by atoms with Gasteiger partial charge in [0.15, 0.2) is 0 Å². The quantitative estimate of drug-likeness (QED) is 0.498. The monoisotopic (exact) mass is 424 g/mol. The molecule has 1 unspecified atom stereocenters. The molecule has 0 radical (unpaired) electrons. The molecule has 3 amide bonds. The van der Waals surface area contributed by atoms with Crippen molar-refractivity contribution in [3.63, 3.8) is 0 Å².